The molecule has 1 rings (SSSR count). The average molecular weight is 201 g/mol. The van der Waals surface area contributed by atoms with E-state index in [0.717, 1.165) is 6.42 Å². The molecule has 0 aromatic rings. The van der Waals surface area contributed by atoms with E-state index in [2.05, 4.69) is 10.6 Å². The first-order chi connectivity index (χ1) is 6.18. The quantitative estimate of drug-likeness (QED) is 0.428. The summed E-state index contributed by atoms with van der Waals surface area (Å²) in [4.78, 5) is 10.4. The van der Waals surface area contributed by atoms with Crippen LogP contribution < -0.4 is 16.4 Å². The van der Waals surface area contributed by atoms with Crippen LogP contribution in [0.3, 0.4) is 0 Å². The van der Waals surface area contributed by atoms with E-state index in [1.54, 1.807) is 0 Å². The number of carbonyl (C=O) groups excluding carboxylic acids is 1. The Balaban J connectivity index is 1.91. The van der Waals surface area contributed by atoms with Crippen molar-refractivity contribution in [3.63, 3.8) is 0 Å². The Morgan fingerprint density at radius 2 is 2.23 bits per heavy atom. The Hall–Kier alpha value is -0.840. The number of hydrogen-bond donors (Lipinski definition) is 3. The molecule has 0 aliphatic heterocycles. The standard InChI is InChI=1S/C8H15N3OS/c9-7(12)2-1-5-10-8(13)11-6-3-4-6/h6H,1-5H2,(H2,9,12)(H2,10,11,13). The second-order valence-electron chi connectivity index (χ2n) is 3.24. The van der Waals surface area contributed by atoms with Crippen LogP contribution >= 0.6 is 12.2 Å². The monoisotopic (exact) mass is 201 g/mol. The first-order valence-electron chi connectivity index (χ1n) is 4.51. The topological polar surface area (TPSA) is 67.2 Å². The molecule has 5 heteroatoms. The molecule has 1 aliphatic rings. The SMILES string of the molecule is NC(=O)CCCNC(=S)NC1CC1. The van der Waals surface area contributed by atoms with Crippen molar-refractivity contribution in [2.45, 2.75) is 31.7 Å². The minimum atomic E-state index is -0.261. The van der Waals surface area contributed by atoms with Crippen LogP contribution in [0.5, 0.6) is 0 Å². The molecule has 1 saturated carbocycles. The van der Waals surface area contributed by atoms with Crippen LogP contribution in [0.2, 0.25) is 0 Å². The van der Waals surface area contributed by atoms with Crippen LogP contribution in [0.15, 0.2) is 0 Å². The lowest BCUT2D eigenvalue weighted by atomic mass is 10.3. The Bertz CT molecular complexity index is 204. The fourth-order valence-electron chi connectivity index (χ4n) is 0.929. The molecule has 0 saturated heterocycles. The fraction of sp³-hybridized carbons (Fsp3) is 0.750. The van der Waals surface area contributed by atoms with Crippen molar-refractivity contribution in [1.29, 1.82) is 0 Å². The van der Waals surface area contributed by atoms with Crippen LogP contribution in [0.1, 0.15) is 25.7 Å². The third kappa shape index (κ3) is 5.41. The summed E-state index contributed by atoms with van der Waals surface area (Å²) >= 11 is 5.01. The Morgan fingerprint density at radius 1 is 1.54 bits per heavy atom. The Labute approximate surface area is 83.2 Å². The maximum absolute atomic E-state index is 10.4. The number of carbonyl (C=O) groups is 1. The number of primary amides is 1. The summed E-state index contributed by atoms with van der Waals surface area (Å²) in [6.07, 6.45) is 3.58. The van der Waals surface area contributed by atoms with Crippen molar-refractivity contribution in [3.8, 4) is 0 Å². The third-order valence-corrected chi connectivity index (χ3v) is 2.06. The first-order valence-corrected chi connectivity index (χ1v) is 4.92. The molecule has 1 aliphatic carbocycles. The molecule has 74 valence electrons. The fourth-order valence-corrected chi connectivity index (χ4v) is 1.20. The normalized spacial score (nSPS) is 15.1. The van der Waals surface area contributed by atoms with Gasteiger partial charge in [0.15, 0.2) is 5.11 Å². The van der Waals surface area contributed by atoms with E-state index in [1.807, 2.05) is 0 Å². The van der Waals surface area contributed by atoms with Gasteiger partial charge in [0.2, 0.25) is 5.91 Å². The zero-order valence-corrected chi connectivity index (χ0v) is 8.32. The van der Waals surface area contributed by atoms with Gasteiger partial charge in [-0.05, 0) is 31.5 Å². The zero-order valence-electron chi connectivity index (χ0n) is 7.51. The van der Waals surface area contributed by atoms with E-state index in [1.165, 1.54) is 12.8 Å². The van der Waals surface area contributed by atoms with Gasteiger partial charge in [0.25, 0.3) is 0 Å². The second kappa shape index (κ2) is 5.01. The van der Waals surface area contributed by atoms with Gasteiger partial charge in [-0.1, -0.05) is 0 Å². The molecule has 13 heavy (non-hydrogen) atoms. The van der Waals surface area contributed by atoms with Crippen molar-refractivity contribution in [1.82, 2.24) is 10.6 Å². The van der Waals surface area contributed by atoms with Gasteiger partial charge in [-0.15, -0.1) is 0 Å². The molecule has 0 bridgehead atoms. The van der Waals surface area contributed by atoms with Gasteiger partial charge in [0.05, 0.1) is 0 Å². The lowest BCUT2D eigenvalue weighted by molar-refractivity contribution is -0.118. The second-order valence-corrected chi connectivity index (χ2v) is 3.65. The van der Waals surface area contributed by atoms with Gasteiger partial charge >= 0.3 is 0 Å². The summed E-state index contributed by atoms with van der Waals surface area (Å²) in [5.74, 6) is -0.261. The summed E-state index contributed by atoms with van der Waals surface area (Å²) in [5.41, 5.74) is 4.98. The van der Waals surface area contributed by atoms with Crippen LogP contribution in [-0.2, 0) is 4.79 Å². The van der Waals surface area contributed by atoms with Crippen molar-refractivity contribution >= 4 is 23.2 Å². The largest absolute Gasteiger partial charge is 0.370 e. The highest BCUT2D eigenvalue weighted by Gasteiger charge is 2.21. The van der Waals surface area contributed by atoms with Crippen LogP contribution in [0.4, 0.5) is 0 Å². The van der Waals surface area contributed by atoms with E-state index < -0.39 is 0 Å². The number of nitrogens with one attached hydrogen (secondary N) is 2. The molecular weight excluding hydrogens is 186 g/mol. The van der Waals surface area contributed by atoms with Crippen LogP contribution in [0.25, 0.3) is 0 Å². The Kier molecular flexibility index (Phi) is 3.95. The summed E-state index contributed by atoms with van der Waals surface area (Å²) in [7, 11) is 0. The maximum atomic E-state index is 10.4. The Morgan fingerprint density at radius 3 is 2.77 bits per heavy atom. The van der Waals surface area contributed by atoms with E-state index in [0.29, 0.717) is 24.1 Å². The predicted molar refractivity (Wildman–Crippen MR) is 55.2 cm³/mol. The van der Waals surface area contributed by atoms with Gasteiger partial charge in [-0.3, -0.25) is 4.79 Å². The van der Waals surface area contributed by atoms with Crippen molar-refractivity contribution in [2.75, 3.05) is 6.54 Å². The molecule has 0 aromatic carbocycles. The smallest absolute Gasteiger partial charge is 0.217 e. The van der Waals surface area contributed by atoms with Crippen molar-refractivity contribution in [3.05, 3.63) is 0 Å². The summed E-state index contributed by atoms with van der Waals surface area (Å²) < 4.78 is 0. The minimum absolute atomic E-state index is 0.261. The summed E-state index contributed by atoms with van der Waals surface area (Å²) in [6.45, 7) is 0.710. The van der Waals surface area contributed by atoms with Crippen molar-refractivity contribution in [2.24, 2.45) is 5.73 Å². The minimum Gasteiger partial charge on any atom is -0.370 e. The number of nitrogens with two attached hydrogens (primary N) is 1. The van der Waals surface area contributed by atoms with Crippen LogP contribution in [0, 0.1) is 0 Å². The first kappa shape index (κ1) is 10.2. The van der Waals surface area contributed by atoms with Gasteiger partial charge in [0, 0.05) is 19.0 Å². The molecule has 4 nitrogen and oxygen atoms in total. The van der Waals surface area contributed by atoms with Gasteiger partial charge in [-0.25, -0.2) is 0 Å². The van der Waals surface area contributed by atoms with E-state index in [9.17, 15) is 4.79 Å². The molecule has 0 heterocycles. The van der Waals surface area contributed by atoms with Crippen LogP contribution in [-0.4, -0.2) is 23.6 Å². The van der Waals surface area contributed by atoms with Gasteiger partial charge in [-0.2, -0.15) is 0 Å². The number of amides is 1. The highest BCUT2D eigenvalue weighted by Crippen LogP contribution is 2.18. The van der Waals surface area contributed by atoms with Gasteiger partial charge in [0.1, 0.15) is 0 Å². The molecule has 0 unspecified atom stereocenters. The van der Waals surface area contributed by atoms with Crippen molar-refractivity contribution < 1.29 is 4.79 Å². The average Bonchev–Trinajstić information content (AvgIpc) is 2.81. The molecule has 0 atom stereocenters. The molecular formula is C8H15N3OS. The summed E-state index contributed by atoms with van der Waals surface area (Å²) in [6, 6.07) is 0.580. The van der Waals surface area contributed by atoms with Gasteiger partial charge < -0.3 is 16.4 Å². The molecule has 0 aromatic heterocycles. The third-order valence-electron chi connectivity index (χ3n) is 1.80. The lowest BCUT2D eigenvalue weighted by Gasteiger charge is -2.08. The summed E-state index contributed by atoms with van der Waals surface area (Å²) in [5, 5.41) is 6.86. The van der Waals surface area contributed by atoms with E-state index in [-0.39, 0.29) is 5.91 Å². The van der Waals surface area contributed by atoms with E-state index >= 15 is 0 Å². The maximum Gasteiger partial charge on any atom is 0.217 e. The molecule has 1 amide bonds. The predicted octanol–water partition coefficient (Wildman–Crippen LogP) is -0.122. The van der Waals surface area contributed by atoms with E-state index in [4.69, 9.17) is 18.0 Å². The lowest BCUT2D eigenvalue weighted by Crippen LogP contribution is -2.37. The highest BCUT2D eigenvalue weighted by molar-refractivity contribution is 7.80. The number of thiocarbonyl (C=S) groups is 1. The molecule has 1 fully saturated rings. The highest BCUT2D eigenvalue weighted by atomic mass is 32.1. The molecule has 0 radical (unpaired) electrons. The number of hydrogen-bond acceptors (Lipinski definition) is 2. The molecule has 0 spiro atoms. The molecule has 4 N–H and O–H groups in total. The zero-order chi connectivity index (χ0) is 9.68. The number of rotatable bonds is 5.